The third-order valence-corrected chi connectivity index (χ3v) is 7.20. The van der Waals surface area contributed by atoms with Crippen LogP contribution in [0.5, 0.6) is 5.88 Å². The minimum atomic E-state index is -0.574. The summed E-state index contributed by atoms with van der Waals surface area (Å²) in [5.41, 5.74) is 10.9. The maximum atomic E-state index is 13.9. The molecule has 1 aliphatic rings. The molecule has 4 aromatic rings. The SMILES string of the molecule is COc1cc(C)c(-c2cc3c(NC4CC(NC(=O)OC(C)(C)C)C4)c(C(N)=Nc4cc(F)ccc4Cl)cnn3c2)cn1. The van der Waals surface area contributed by atoms with Gasteiger partial charge in [0, 0.05) is 47.7 Å². The number of nitrogens with zero attached hydrogens (tertiary/aromatic N) is 4. The van der Waals surface area contributed by atoms with E-state index < -0.39 is 17.5 Å². The van der Waals surface area contributed by atoms with Gasteiger partial charge in [0.1, 0.15) is 17.3 Å². The fourth-order valence-corrected chi connectivity index (χ4v) is 4.95. The van der Waals surface area contributed by atoms with Crippen LogP contribution in [0.1, 0.15) is 44.7 Å². The van der Waals surface area contributed by atoms with Crippen molar-refractivity contribution in [3.63, 3.8) is 0 Å². The van der Waals surface area contributed by atoms with Gasteiger partial charge in [0.15, 0.2) is 0 Å². The Balaban J connectivity index is 1.49. The highest BCUT2D eigenvalue weighted by Crippen LogP contribution is 2.34. The second kappa shape index (κ2) is 11.5. The van der Waals surface area contributed by atoms with E-state index in [9.17, 15) is 9.18 Å². The number of pyridine rings is 1. The number of rotatable bonds is 7. The summed E-state index contributed by atoms with van der Waals surface area (Å²) in [6, 6.07) is 7.77. The Kier molecular flexibility index (Phi) is 7.96. The van der Waals surface area contributed by atoms with Gasteiger partial charge in [-0.25, -0.2) is 23.7 Å². The number of methoxy groups -OCH3 is 1. The molecule has 1 aromatic carbocycles. The number of benzene rings is 1. The molecule has 5 rings (SSSR count). The molecule has 0 radical (unpaired) electrons. The van der Waals surface area contributed by atoms with Crippen LogP contribution in [0.4, 0.5) is 20.6 Å². The molecule has 0 aliphatic heterocycles. The molecule has 0 unspecified atom stereocenters. The molecule has 1 saturated carbocycles. The number of anilines is 1. The van der Waals surface area contributed by atoms with Gasteiger partial charge in [-0.1, -0.05) is 11.6 Å². The van der Waals surface area contributed by atoms with E-state index in [2.05, 4.69) is 25.7 Å². The zero-order chi connectivity index (χ0) is 30.2. The van der Waals surface area contributed by atoms with Crippen LogP contribution in [-0.4, -0.2) is 51.3 Å². The Hall–Kier alpha value is -4.38. The van der Waals surface area contributed by atoms with E-state index in [4.69, 9.17) is 26.8 Å². The number of hydrogen-bond acceptors (Lipinski definition) is 7. The van der Waals surface area contributed by atoms with E-state index in [1.54, 1.807) is 24.0 Å². The average molecular weight is 594 g/mol. The number of hydrogen-bond donors (Lipinski definition) is 3. The highest BCUT2D eigenvalue weighted by Gasteiger charge is 2.33. The molecule has 3 heterocycles. The van der Waals surface area contributed by atoms with Crippen LogP contribution in [-0.2, 0) is 4.74 Å². The van der Waals surface area contributed by atoms with Gasteiger partial charge in [-0.15, -0.1) is 0 Å². The van der Waals surface area contributed by atoms with E-state index in [0.29, 0.717) is 30.0 Å². The van der Waals surface area contributed by atoms with Crippen molar-refractivity contribution in [3.05, 3.63) is 70.9 Å². The summed E-state index contributed by atoms with van der Waals surface area (Å²) in [6.45, 7) is 7.46. The van der Waals surface area contributed by atoms with Crippen molar-refractivity contribution < 1.29 is 18.7 Å². The fourth-order valence-electron chi connectivity index (χ4n) is 4.79. The van der Waals surface area contributed by atoms with E-state index in [1.165, 1.54) is 18.2 Å². The highest BCUT2D eigenvalue weighted by molar-refractivity contribution is 6.33. The number of nitrogens with two attached hydrogens (primary N) is 1. The lowest BCUT2D eigenvalue weighted by atomic mass is 9.86. The van der Waals surface area contributed by atoms with Gasteiger partial charge in [-0.2, -0.15) is 5.10 Å². The van der Waals surface area contributed by atoms with Crippen molar-refractivity contribution in [2.75, 3.05) is 12.4 Å². The van der Waals surface area contributed by atoms with Gasteiger partial charge in [0.05, 0.1) is 40.8 Å². The van der Waals surface area contributed by atoms with Gasteiger partial charge < -0.3 is 25.8 Å². The number of carbonyl (C=O) groups is 1. The number of amidine groups is 1. The third-order valence-electron chi connectivity index (χ3n) is 6.88. The summed E-state index contributed by atoms with van der Waals surface area (Å²) >= 11 is 6.26. The van der Waals surface area contributed by atoms with Crippen LogP contribution < -0.4 is 21.1 Å². The Morgan fingerprint density at radius 1 is 1.19 bits per heavy atom. The first kappa shape index (κ1) is 29.1. The number of aliphatic imine (C=N–C) groups is 1. The van der Waals surface area contributed by atoms with Crippen LogP contribution in [0.3, 0.4) is 0 Å². The number of aryl methyl sites for hydroxylation is 1. The molecule has 1 aliphatic carbocycles. The van der Waals surface area contributed by atoms with Gasteiger partial charge in [-0.3, -0.25) is 0 Å². The Morgan fingerprint density at radius 3 is 2.64 bits per heavy atom. The van der Waals surface area contributed by atoms with Crippen molar-refractivity contribution in [1.29, 1.82) is 0 Å². The van der Waals surface area contributed by atoms with Crippen LogP contribution in [0.2, 0.25) is 5.02 Å². The zero-order valence-electron chi connectivity index (χ0n) is 24.0. The maximum absolute atomic E-state index is 13.9. The summed E-state index contributed by atoms with van der Waals surface area (Å²) in [7, 11) is 1.58. The summed E-state index contributed by atoms with van der Waals surface area (Å²) in [5, 5.41) is 11.3. The first-order valence-electron chi connectivity index (χ1n) is 13.5. The smallest absolute Gasteiger partial charge is 0.407 e. The molecule has 0 atom stereocenters. The molecular weight excluding hydrogens is 561 g/mol. The second-order valence-electron chi connectivity index (χ2n) is 11.3. The number of ether oxygens (including phenoxy) is 2. The molecule has 0 spiro atoms. The van der Waals surface area contributed by atoms with Crippen LogP contribution >= 0.6 is 11.6 Å². The predicted octanol–water partition coefficient (Wildman–Crippen LogP) is 6.01. The topological polar surface area (TPSA) is 128 Å². The maximum Gasteiger partial charge on any atom is 0.407 e. The van der Waals surface area contributed by atoms with Gasteiger partial charge >= 0.3 is 6.09 Å². The highest BCUT2D eigenvalue weighted by atomic mass is 35.5. The number of alkyl carbamates (subject to hydrolysis) is 1. The summed E-state index contributed by atoms with van der Waals surface area (Å²) in [4.78, 5) is 21.0. The molecule has 1 fully saturated rings. The van der Waals surface area contributed by atoms with E-state index >= 15 is 0 Å². The minimum Gasteiger partial charge on any atom is -0.481 e. The monoisotopic (exact) mass is 593 g/mol. The quantitative estimate of drug-likeness (QED) is 0.177. The fraction of sp³-hybridized carbons (Fsp3) is 0.333. The number of carbonyl (C=O) groups excluding carboxylic acids is 1. The second-order valence-corrected chi connectivity index (χ2v) is 11.7. The first-order valence-corrected chi connectivity index (χ1v) is 13.9. The molecule has 0 bridgehead atoms. The molecule has 12 heteroatoms. The predicted molar refractivity (Wildman–Crippen MR) is 161 cm³/mol. The van der Waals surface area contributed by atoms with Gasteiger partial charge in [0.25, 0.3) is 0 Å². The van der Waals surface area contributed by atoms with Crippen LogP contribution in [0.15, 0.2) is 53.9 Å². The van der Waals surface area contributed by atoms with Gasteiger partial charge in [0.2, 0.25) is 5.88 Å². The average Bonchev–Trinajstić information content (AvgIpc) is 3.32. The number of nitrogens with one attached hydrogen (secondary N) is 2. The minimum absolute atomic E-state index is 0.0307. The number of halogens is 2. The standard InChI is InChI=1S/C30H33ClFN7O3/c1-16-8-26(41-5)34-13-21(16)17-9-25-27(36-19-11-20(12-19)37-29(40)42-30(2,3)4)22(14-35-39(25)15-17)28(33)38-24-10-18(32)6-7-23(24)31/h6-10,13-15,19-20,36H,11-12H2,1-5H3,(H2,33,38)(H,37,40). The number of fused-ring (bicyclic) bond motifs is 1. The van der Waals surface area contributed by atoms with Gasteiger partial charge in [-0.05, 0) is 64.3 Å². The molecule has 3 aromatic heterocycles. The zero-order valence-corrected chi connectivity index (χ0v) is 24.8. The summed E-state index contributed by atoms with van der Waals surface area (Å²) in [6.07, 6.45) is 6.19. The first-order chi connectivity index (χ1) is 19.9. The molecule has 220 valence electrons. The van der Waals surface area contributed by atoms with E-state index in [0.717, 1.165) is 22.2 Å². The third kappa shape index (κ3) is 6.41. The molecule has 10 nitrogen and oxygen atoms in total. The van der Waals surface area contributed by atoms with Crippen molar-refractivity contribution in [1.82, 2.24) is 19.9 Å². The lowest BCUT2D eigenvalue weighted by molar-refractivity contribution is 0.0475. The Labute approximate surface area is 248 Å². The lowest BCUT2D eigenvalue weighted by Crippen LogP contribution is -2.51. The molecule has 1 amide bonds. The molecular formula is C30H33ClFN7O3. The Bertz CT molecular complexity index is 1680. The molecule has 42 heavy (non-hydrogen) atoms. The van der Waals surface area contributed by atoms with Crippen LogP contribution in [0, 0.1) is 12.7 Å². The normalized spacial score (nSPS) is 17.1. The number of amides is 1. The largest absolute Gasteiger partial charge is 0.481 e. The van der Waals surface area contributed by atoms with Crippen molar-refractivity contribution in [3.8, 4) is 17.0 Å². The molecule has 4 N–H and O–H groups in total. The summed E-state index contributed by atoms with van der Waals surface area (Å²) in [5.74, 6) is 0.172. The lowest BCUT2D eigenvalue weighted by Gasteiger charge is -2.37. The number of aromatic nitrogens is 3. The Morgan fingerprint density at radius 2 is 1.95 bits per heavy atom. The van der Waals surface area contributed by atoms with Crippen molar-refractivity contribution in [2.24, 2.45) is 10.7 Å². The van der Waals surface area contributed by atoms with E-state index in [-0.39, 0.29) is 28.6 Å². The summed E-state index contributed by atoms with van der Waals surface area (Å²) < 4.78 is 26.3. The van der Waals surface area contributed by atoms with E-state index in [1.807, 2.05) is 46.0 Å². The van der Waals surface area contributed by atoms with Crippen molar-refractivity contribution in [2.45, 2.75) is 58.2 Å². The molecule has 0 saturated heterocycles. The van der Waals surface area contributed by atoms with Crippen molar-refractivity contribution >= 4 is 40.4 Å². The van der Waals surface area contributed by atoms with Crippen LogP contribution in [0.25, 0.3) is 16.6 Å².